The molecule has 2 N–H and O–H groups in total. The van der Waals surface area contributed by atoms with Crippen molar-refractivity contribution in [2.24, 2.45) is 4.99 Å². The molecule has 0 aliphatic heterocycles. The smallest absolute Gasteiger partial charge is 0.416 e. The van der Waals surface area contributed by atoms with Crippen molar-refractivity contribution < 1.29 is 17.9 Å². The van der Waals surface area contributed by atoms with Gasteiger partial charge in [-0.1, -0.05) is 30.0 Å². The molecule has 2 rings (SSSR count). The number of aliphatic imine (C=N–C) groups is 1. The molecule has 4 nitrogen and oxygen atoms in total. The van der Waals surface area contributed by atoms with Crippen molar-refractivity contribution in [3.8, 4) is 17.6 Å². The number of hydrogen-bond acceptors (Lipinski definition) is 2. The number of halogens is 3. The van der Waals surface area contributed by atoms with E-state index in [-0.39, 0.29) is 6.54 Å². The average Bonchev–Trinajstić information content (AvgIpc) is 2.70. The highest BCUT2D eigenvalue weighted by atomic mass is 19.4. The molecule has 0 amide bonds. The van der Waals surface area contributed by atoms with Crippen LogP contribution in [-0.4, -0.2) is 33.2 Å². The Kier molecular flexibility index (Phi) is 7.76. The van der Waals surface area contributed by atoms with Crippen LogP contribution in [0.3, 0.4) is 0 Å². The Hall–Kier alpha value is -3.14. The molecule has 0 saturated carbocycles. The Morgan fingerprint density at radius 3 is 2.50 bits per heavy atom. The first-order chi connectivity index (χ1) is 13.4. The monoisotopic (exact) mass is 389 g/mol. The molecule has 0 radical (unpaired) electrons. The largest absolute Gasteiger partial charge is 0.497 e. The van der Waals surface area contributed by atoms with Crippen LogP contribution in [0.1, 0.15) is 16.7 Å². The molecule has 0 spiro atoms. The van der Waals surface area contributed by atoms with E-state index in [4.69, 9.17) is 4.74 Å². The normalized spacial score (nSPS) is 11.4. The van der Waals surface area contributed by atoms with Crippen molar-refractivity contribution in [1.29, 1.82) is 0 Å². The summed E-state index contributed by atoms with van der Waals surface area (Å²) in [6.45, 7) is 0.936. The maximum absolute atomic E-state index is 12.7. The van der Waals surface area contributed by atoms with Gasteiger partial charge in [-0.3, -0.25) is 4.99 Å². The van der Waals surface area contributed by atoms with E-state index in [2.05, 4.69) is 27.5 Å². The standard InChI is InChI=1S/C21H22F3N3O/c1-25-20(27-14-12-16-8-10-19(28-2)11-9-16)26-13-4-6-17-5-3-7-18(15-17)21(22,23)24/h3,5,7-11,15H,12-14H2,1-2H3,(H2,25,26,27). The van der Waals surface area contributed by atoms with Crippen LogP contribution >= 0.6 is 0 Å². The van der Waals surface area contributed by atoms with Crippen LogP contribution < -0.4 is 15.4 Å². The third-order valence-corrected chi connectivity index (χ3v) is 3.86. The molecule has 0 fully saturated rings. The highest BCUT2D eigenvalue weighted by molar-refractivity contribution is 5.79. The van der Waals surface area contributed by atoms with Crippen LogP contribution in [0.5, 0.6) is 5.75 Å². The predicted octanol–water partition coefficient (Wildman–Crippen LogP) is 3.47. The Bertz CT molecular complexity index is 850. The van der Waals surface area contributed by atoms with Gasteiger partial charge in [-0.05, 0) is 42.3 Å². The number of benzene rings is 2. The zero-order chi connectivity index (χ0) is 20.4. The summed E-state index contributed by atoms with van der Waals surface area (Å²) in [7, 11) is 3.27. The minimum absolute atomic E-state index is 0.262. The molecule has 0 atom stereocenters. The van der Waals surface area contributed by atoms with Gasteiger partial charge in [0.1, 0.15) is 5.75 Å². The molecule has 0 bridgehead atoms. The molecule has 2 aromatic carbocycles. The molecule has 148 valence electrons. The number of rotatable bonds is 5. The number of nitrogens with one attached hydrogen (secondary N) is 2. The van der Waals surface area contributed by atoms with Crippen molar-refractivity contribution in [1.82, 2.24) is 10.6 Å². The molecule has 0 aliphatic rings. The molecule has 0 heterocycles. The zero-order valence-corrected chi connectivity index (χ0v) is 15.7. The van der Waals surface area contributed by atoms with Crippen LogP contribution in [0.15, 0.2) is 53.5 Å². The van der Waals surface area contributed by atoms with Crippen LogP contribution in [0.2, 0.25) is 0 Å². The summed E-state index contributed by atoms with van der Waals surface area (Å²) in [6, 6.07) is 12.8. The number of methoxy groups -OCH3 is 1. The second-order valence-corrected chi connectivity index (χ2v) is 5.83. The third-order valence-electron chi connectivity index (χ3n) is 3.86. The van der Waals surface area contributed by atoms with Gasteiger partial charge in [0.25, 0.3) is 0 Å². The average molecular weight is 389 g/mol. The van der Waals surface area contributed by atoms with E-state index >= 15 is 0 Å². The van der Waals surface area contributed by atoms with Crippen LogP contribution in [0, 0.1) is 11.8 Å². The van der Waals surface area contributed by atoms with Crippen molar-refractivity contribution >= 4 is 5.96 Å². The maximum atomic E-state index is 12.7. The number of ether oxygens (including phenoxy) is 1. The van der Waals surface area contributed by atoms with Crippen LogP contribution in [0.4, 0.5) is 13.2 Å². The first-order valence-corrected chi connectivity index (χ1v) is 8.66. The lowest BCUT2D eigenvalue weighted by Gasteiger charge is -2.10. The van der Waals surface area contributed by atoms with Gasteiger partial charge in [0.2, 0.25) is 0 Å². The van der Waals surface area contributed by atoms with E-state index in [1.54, 1.807) is 20.2 Å². The van der Waals surface area contributed by atoms with E-state index in [1.807, 2.05) is 24.3 Å². The lowest BCUT2D eigenvalue weighted by molar-refractivity contribution is -0.137. The van der Waals surface area contributed by atoms with E-state index in [0.717, 1.165) is 29.9 Å². The summed E-state index contributed by atoms with van der Waals surface area (Å²) >= 11 is 0. The summed E-state index contributed by atoms with van der Waals surface area (Å²) < 4.78 is 43.2. The van der Waals surface area contributed by atoms with Crippen LogP contribution in [0.25, 0.3) is 0 Å². The minimum Gasteiger partial charge on any atom is -0.497 e. The topological polar surface area (TPSA) is 45.7 Å². The summed E-state index contributed by atoms with van der Waals surface area (Å²) in [5.41, 5.74) is 0.774. The van der Waals surface area contributed by atoms with Gasteiger partial charge in [0.15, 0.2) is 5.96 Å². The molecule has 7 heteroatoms. The van der Waals surface area contributed by atoms with Crippen molar-refractivity contribution in [2.45, 2.75) is 12.6 Å². The number of guanidine groups is 1. The number of nitrogens with zero attached hydrogens (tertiary/aromatic N) is 1. The summed E-state index contributed by atoms with van der Waals surface area (Å²) in [4.78, 5) is 4.10. The molecule has 0 unspecified atom stereocenters. The minimum atomic E-state index is -4.37. The first-order valence-electron chi connectivity index (χ1n) is 8.66. The predicted molar refractivity (Wildman–Crippen MR) is 104 cm³/mol. The highest BCUT2D eigenvalue weighted by Gasteiger charge is 2.30. The van der Waals surface area contributed by atoms with Gasteiger partial charge < -0.3 is 15.4 Å². The summed E-state index contributed by atoms with van der Waals surface area (Å²) in [5, 5.41) is 6.18. The van der Waals surface area contributed by atoms with E-state index in [1.165, 1.54) is 6.07 Å². The quantitative estimate of drug-likeness (QED) is 0.468. The SMILES string of the molecule is CN=C(NCC#Cc1cccc(C(F)(F)F)c1)NCCc1ccc(OC)cc1. The molecule has 2 aromatic rings. The Morgan fingerprint density at radius 2 is 1.86 bits per heavy atom. The van der Waals surface area contributed by atoms with E-state index in [0.29, 0.717) is 18.1 Å². The molecular formula is C21H22F3N3O. The lowest BCUT2D eigenvalue weighted by atomic mass is 10.1. The summed E-state index contributed by atoms with van der Waals surface area (Å²) in [6.07, 6.45) is -3.56. The Morgan fingerprint density at radius 1 is 1.11 bits per heavy atom. The number of hydrogen-bond donors (Lipinski definition) is 2. The summed E-state index contributed by atoms with van der Waals surface area (Å²) in [5.74, 6) is 6.91. The van der Waals surface area contributed by atoms with Gasteiger partial charge in [0, 0.05) is 19.2 Å². The van der Waals surface area contributed by atoms with E-state index < -0.39 is 11.7 Å². The zero-order valence-electron chi connectivity index (χ0n) is 15.7. The van der Waals surface area contributed by atoms with Gasteiger partial charge in [-0.25, -0.2) is 0 Å². The number of alkyl halides is 3. The second-order valence-electron chi connectivity index (χ2n) is 5.83. The highest BCUT2D eigenvalue weighted by Crippen LogP contribution is 2.29. The Balaban J connectivity index is 1.79. The molecular weight excluding hydrogens is 367 g/mol. The lowest BCUT2D eigenvalue weighted by Crippen LogP contribution is -2.38. The maximum Gasteiger partial charge on any atom is 0.416 e. The van der Waals surface area contributed by atoms with Crippen molar-refractivity contribution in [2.75, 3.05) is 27.2 Å². The van der Waals surface area contributed by atoms with Gasteiger partial charge in [0.05, 0.1) is 19.2 Å². The third kappa shape index (κ3) is 6.88. The van der Waals surface area contributed by atoms with E-state index in [9.17, 15) is 13.2 Å². The van der Waals surface area contributed by atoms with Crippen LogP contribution in [-0.2, 0) is 12.6 Å². The molecule has 0 saturated heterocycles. The van der Waals surface area contributed by atoms with Gasteiger partial charge >= 0.3 is 6.18 Å². The fraction of sp³-hybridized carbons (Fsp3) is 0.286. The van der Waals surface area contributed by atoms with Crippen molar-refractivity contribution in [3.05, 3.63) is 65.2 Å². The van der Waals surface area contributed by atoms with Crippen molar-refractivity contribution in [3.63, 3.8) is 0 Å². The molecule has 28 heavy (non-hydrogen) atoms. The molecule has 0 aliphatic carbocycles. The fourth-order valence-corrected chi connectivity index (χ4v) is 2.39. The fourth-order valence-electron chi connectivity index (χ4n) is 2.39. The first kappa shape index (κ1) is 21.2. The second kappa shape index (κ2) is 10.3. The van der Waals surface area contributed by atoms with Gasteiger partial charge in [-0.15, -0.1) is 0 Å². The molecule has 0 aromatic heterocycles. The van der Waals surface area contributed by atoms with Gasteiger partial charge in [-0.2, -0.15) is 13.2 Å². The Labute approximate surface area is 162 Å².